The highest BCUT2D eigenvalue weighted by molar-refractivity contribution is 6.04. The van der Waals surface area contributed by atoms with Gasteiger partial charge in [0, 0.05) is 24.4 Å². The van der Waals surface area contributed by atoms with Gasteiger partial charge in [-0.2, -0.15) is 0 Å². The Labute approximate surface area is 104 Å². The molecule has 2 amide bonds. The number of nitrogens with zero attached hydrogens (tertiary/aromatic N) is 1. The zero-order valence-corrected chi connectivity index (χ0v) is 11.3. The average molecular weight is 240 g/mol. The standard InChI is InChI=1S/C13H24N2O2/c1-5-7-11(14-6-2)8-15-12(16)9(3)10(4)13(15)17/h9-11,14H,5-8H2,1-4H3. The first kappa shape index (κ1) is 14.2. The van der Waals surface area contributed by atoms with Gasteiger partial charge in [0.25, 0.3) is 0 Å². The summed E-state index contributed by atoms with van der Waals surface area (Å²) in [6.07, 6.45) is 2.05. The van der Waals surface area contributed by atoms with E-state index < -0.39 is 0 Å². The van der Waals surface area contributed by atoms with Crippen LogP contribution >= 0.6 is 0 Å². The van der Waals surface area contributed by atoms with Crippen molar-refractivity contribution in [2.24, 2.45) is 11.8 Å². The van der Waals surface area contributed by atoms with Crippen molar-refractivity contribution in [2.75, 3.05) is 13.1 Å². The van der Waals surface area contributed by atoms with Gasteiger partial charge in [0.1, 0.15) is 0 Å². The van der Waals surface area contributed by atoms with E-state index in [0.717, 1.165) is 19.4 Å². The van der Waals surface area contributed by atoms with E-state index in [1.54, 1.807) is 0 Å². The third kappa shape index (κ3) is 3.06. The normalized spacial score (nSPS) is 26.7. The van der Waals surface area contributed by atoms with Crippen molar-refractivity contribution in [1.29, 1.82) is 0 Å². The molecule has 0 bridgehead atoms. The maximum atomic E-state index is 11.9. The van der Waals surface area contributed by atoms with Crippen LogP contribution in [0, 0.1) is 11.8 Å². The zero-order chi connectivity index (χ0) is 13.0. The number of hydrogen-bond donors (Lipinski definition) is 1. The summed E-state index contributed by atoms with van der Waals surface area (Å²) in [5, 5.41) is 3.34. The number of rotatable bonds is 6. The minimum Gasteiger partial charge on any atom is -0.312 e. The van der Waals surface area contributed by atoms with Gasteiger partial charge in [-0.15, -0.1) is 0 Å². The Morgan fingerprint density at radius 2 is 1.71 bits per heavy atom. The SMILES string of the molecule is CCCC(CN1C(=O)C(C)C(C)C1=O)NCC. The van der Waals surface area contributed by atoms with E-state index >= 15 is 0 Å². The van der Waals surface area contributed by atoms with E-state index in [0.29, 0.717) is 6.54 Å². The van der Waals surface area contributed by atoms with Gasteiger partial charge in [0.05, 0.1) is 0 Å². The van der Waals surface area contributed by atoms with Crippen molar-refractivity contribution in [3.05, 3.63) is 0 Å². The minimum absolute atomic E-state index is 0.0125. The van der Waals surface area contributed by atoms with E-state index in [9.17, 15) is 9.59 Å². The number of likely N-dealkylation sites (tertiary alicyclic amines) is 1. The predicted molar refractivity (Wildman–Crippen MR) is 67.4 cm³/mol. The van der Waals surface area contributed by atoms with Gasteiger partial charge in [-0.1, -0.05) is 34.1 Å². The predicted octanol–water partition coefficient (Wildman–Crippen LogP) is 1.41. The van der Waals surface area contributed by atoms with Crippen molar-refractivity contribution in [3.8, 4) is 0 Å². The van der Waals surface area contributed by atoms with E-state index in [1.165, 1.54) is 4.90 Å². The van der Waals surface area contributed by atoms with Gasteiger partial charge < -0.3 is 5.32 Å². The minimum atomic E-state index is -0.161. The second-order valence-corrected chi connectivity index (χ2v) is 4.91. The molecule has 0 spiro atoms. The summed E-state index contributed by atoms with van der Waals surface area (Å²) in [6.45, 7) is 9.23. The highest BCUT2D eigenvalue weighted by Gasteiger charge is 2.42. The van der Waals surface area contributed by atoms with Crippen LogP contribution in [0.25, 0.3) is 0 Å². The lowest BCUT2D eigenvalue weighted by molar-refractivity contribution is -0.140. The fourth-order valence-electron chi connectivity index (χ4n) is 2.32. The van der Waals surface area contributed by atoms with Crippen molar-refractivity contribution >= 4 is 11.8 Å². The number of carbonyl (C=O) groups excluding carboxylic acids is 2. The zero-order valence-electron chi connectivity index (χ0n) is 11.3. The summed E-state index contributed by atoms with van der Waals surface area (Å²) in [7, 11) is 0. The molecule has 0 aliphatic carbocycles. The maximum Gasteiger partial charge on any atom is 0.232 e. The largest absolute Gasteiger partial charge is 0.312 e. The molecule has 1 aliphatic rings. The van der Waals surface area contributed by atoms with Crippen molar-refractivity contribution < 1.29 is 9.59 Å². The lowest BCUT2D eigenvalue weighted by Gasteiger charge is -2.23. The average Bonchev–Trinajstić information content (AvgIpc) is 2.47. The number of carbonyl (C=O) groups is 2. The summed E-state index contributed by atoms with van der Waals surface area (Å²) in [4.78, 5) is 25.3. The Morgan fingerprint density at radius 1 is 1.18 bits per heavy atom. The van der Waals surface area contributed by atoms with Crippen LogP contribution in [0.15, 0.2) is 0 Å². The van der Waals surface area contributed by atoms with Crippen LogP contribution in [0.5, 0.6) is 0 Å². The molecule has 1 saturated heterocycles. The molecule has 1 aliphatic heterocycles. The molecule has 4 nitrogen and oxygen atoms in total. The Morgan fingerprint density at radius 3 is 2.12 bits per heavy atom. The molecule has 0 aromatic rings. The molecule has 3 atom stereocenters. The number of imide groups is 1. The molecule has 1 rings (SSSR count). The second kappa shape index (κ2) is 6.15. The van der Waals surface area contributed by atoms with Crippen molar-refractivity contribution in [1.82, 2.24) is 10.2 Å². The fraction of sp³-hybridized carbons (Fsp3) is 0.846. The summed E-state index contributed by atoms with van der Waals surface area (Å²) < 4.78 is 0. The number of likely N-dealkylation sites (N-methyl/N-ethyl adjacent to an activating group) is 1. The van der Waals surface area contributed by atoms with Crippen LogP contribution in [0.3, 0.4) is 0 Å². The Balaban J connectivity index is 2.66. The smallest absolute Gasteiger partial charge is 0.232 e. The molecular weight excluding hydrogens is 216 g/mol. The van der Waals surface area contributed by atoms with Gasteiger partial charge >= 0.3 is 0 Å². The molecule has 17 heavy (non-hydrogen) atoms. The van der Waals surface area contributed by atoms with Gasteiger partial charge in [0.15, 0.2) is 0 Å². The third-order valence-electron chi connectivity index (χ3n) is 3.59. The Bertz CT molecular complexity index is 265. The summed E-state index contributed by atoms with van der Waals surface area (Å²) in [5.74, 6) is -0.346. The monoisotopic (exact) mass is 240 g/mol. The van der Waals surface area contributed by atoms with Crippen molar-refractivity contribution in [2.45, 2.75) is 46.6 Å². The lowest BCUT2D eigenvalue weighted by Crippen LogP contribution is -2.44. The van der Waals surface area contributed by atoms with Gasteiger partial charge in [0.2, 0.25) is 11.8 Å². The molecular formula is C13H24N2O2. The van der Waals surface area contributed by atoms with Gasteiger partial charge in [-0.05, 0) is 13.0 Å². The molecule has 0 aromatic carbocycles. The lowest BCUT2D eigenvalue weighted by atomic mass is 10.00. The van der Waals surface area contributed by atoms with E-state index in [2.05, 4.69) is 12.2 Å². The fourth-order valence-corrected chi connectivity index (χ4v) is 2.32. The highest BCUT2D eigenvalue weighted by Crippen LogP contribution is 2.25. The number of hydrogen-bond acceptors (Lipinski definition) is 3. The van der Waals surface area contributed by atoms with Crippen LogP contribution in [-0.4, -0.2) is 35.8 Å². The van der Waals surface area contributed by atoms with Crippen LogP contribution in [0.2, 0.25) is 0 Å². The quantitative estimate of drug-likeness (QED) is 0.714. The first-order valence-corrected chi connectivity index (χ1v) is 6.61. The summed E-state index contributed by atoms with van der Waals surface area (Å²) in [5.41, 5.74) is 0. The molecule has 1 heterocycles. The molecule has 1 N–H and O–H groups in total. The molecule has 0 aromatic heterocycles. The van der Waals surface area contributed by atoms with Crippen LogP contribution < -0.4 is 5.32 Å². The Kier molecular flexibility index (Phi) is 5.12. The van der Waals surface area contributed by atoms with Gasteiger partial charge in [-0.25, -0.2) is 0 Å². The molecule has 98 valence electrons. The summed E-state index contributed by atoms with van der Waals surface area (Å²) >= 11 is 0. The van der Waals surface area contributed by atoms with E-state index in [4.69, 9.17) is 0 Å². The molecule has 0 saturated carbocycles. The van der Waals surface area contributed by atoms with Crippen molar-refractivity contribution in [3.63, 3.8) is 0 Å². The molecule has 0 radical (unpaired) electrons. The first-order chi connectivity index (χ1) is 8.02. The topological polar surface area (TPSA) is 49.4 Å². The highest BCUT2D eigenvalue weighted by atomic mass is 16.2. The molecule has 1 fully saturated rings. The Hall–Kier alpha value is -0.900. The van der Waals surface area contributed by atoms with E-state index in [1.807, 2.05) is 20.8 Å². The maximum absolute atomic E-state index is 11.9. The second-order valence-electron chi connectivity index (χ2n) is 4.91. The van der Waals surface area contributed by atoms with E-state index in [-0.39, 0.29) is 29.7 Å². The number of nitrogens with one attached hydrogen (secondary N) is 1. The molecule has 4 heteroatoms. The van der Waals surface area contributed by atoms with Crippen LogP contribution in [0.4, 0.5) is 0 Å². The number of amides is 2. The van der Waals surface area contributed by atoms with Gasteiger partial charge in [-0.3, -0.25) is 14.5 Å². The van der Waals surface area contributed by atoms with Crippen LogP contribution in [0.1, 0.15) is 40.5 Å². The first-order valence-electron chi connectivity index (χ1n) is 6.61. The summed E-state index contributed by atoms with van der Waals surface area (Å²) in [6, 6.07) is 0.232. The molecule has 3 unspecified atom stereocenters. The third-order valence-corrected chi connectivity index (χ3v) is 3.59. The van der Waals surface area contributed by atoms with Crippen LogP contribution in [-0.2, 0) is 9.59 Å².